The summed E-state index contributed by atoms with van der Waals surface area (Å²) in [6.45, 7) is 0. The van der Waals surface area contributed by atoms with E-state index in [9.17, 15) is 9.59 Å². The van der Waals surface area contributed by atoms with E-state index >= 15 is 0 Å². The van der Waals surface area contributed by atoms with Gasteiger partial charge >= 0.3 is 5.69 Å². The molecule has 3 heterocycles. The minimum absolute atomic E-state index is 0.107. The number of nitrogens with zero attached hydrogens (tertiary/aromatic N) is 4. The van der Waals surface area contributed by atoms with Crippen LogP contribution in [-0.2, 0) is 5.75 Å². The summed E-state index contributed by atoms with van der Waals surface area (Å²) >= 11 is 7.80. The normalized spacial score (nSPS) is 16.3. The zero-order valence-corrected chi connectivity index (χ0v) is 18.0. The average molecular weight is 452 g/mol. The average Bonchev–Trinajstić information content (AvgIpc) is 3.67. The van der Waals surface area contributed by atoms with Gasteiger partial charge in [-0.2, -0.15) is 0 Å². The van der Waals surface area contributed by atoms with Crippen molar-refractivity contribution in [3.8, 4) is 0 Å². The summed E-state index contributed by atoms with van der Waals surface area (Å²) in [5.41, 5.74) is 1.50. The summed E-state index contributed by atoms with van der Waals surface area (Å²) in [6, 6.07) is 7.74. The molecular formula is C22H18ClN5O2S. The van der Waals surface area contributed by atoms with Crippen LogP contribution in [0.5, 0.6) is 0 Å². The standard InChI is InChI=1S/C22H18ClN5O2S/c23-15-8-5-12(17-14(15)2-1-9-24-17)10-31-21-16-19(25-18(26-21)11-3-4-11)28(13-6-7-13)22(30)27-20(16)29/h1-2,5,8-9,11,13H,3-4,6-7,10H2,(H,27,29,30). The highest BCUT2D eigenvalue weighted by molar-refractivity contribution is 7.98. The number of rotatable bonds is 5. The van der Waals surface area contributed by atoms with E-state index in [1.165, 1.54) is 11.8 Å². The maximum atomic E-state index is 12.8. The van der Waals surface area contributed by atoms with Gasteiger partial charge in [-0.1, -0.05) is 17.7 Å². The second-order valence-corrected chi connectivity index (χ2v) is 9.49. The molecule has 0 saturated heterocycles. The van der Waals surface area contributed by atoms with Crippen LogP contribution >= 0.6 is 23.4 Å². The first-order valence-electron chi connectivity index (χ1n) is 10.3. The lowest BCUT2D eigenvalue weighted by atomic mass is 10.1. The van der Waals surface area contributed by atoms with E-state index in [1.807, 2.05) is 24.3 Å². The molecular weight excluding hydrogens is 434 g/mol. The Morgan fingerprint density at radius 3 is 2.74 bits per heavy atom. The van der Waals surface area contributed by atoms with Crippen LogP contribution in [-0.4, -0.2) is 24.5 Å². The van der Waals surface area contributed by atoms with Crippen LogP contribution in [0, 0.1) is 0 Å². The minimum atomic E-state index is -0.430. The van der Waals surface area contributed by atoms with Crippen molar-refractivity contribution in [3.05, 3.63) is 67.7 Å². The molecule has 3 aromatic heterocycles. The maximum Gasteiger partial charge on any atom is 0.330 e. The number of fused-ring (bicyclic) bond motifs is 2. The monoisotopic (exact) mass is 451 g/mol. The van der Waals surface area contributed by atoms with E-state index in [1.54, 1.807) is 10.8 Å². The van der Waals surface area contributed by atoms with Crippen LogP contribution in [0.25, 0.3) is 21.9 Å². The molecule has 1 aromatic carbocycles. The van der Waals surface area contributed by atoms with Gasteiger partial charge in [0.1, 0.15) is 16.2 Å². The minimum Gasteiger partial charge on any atom is -0.274 e. The largest absolute Gasteiger partial charge is 0.330 e. The molecule has 0 radical (unpaired) electrons. The zero-order chi connectivity index (χ0) is 21.1. The van der Waals surface area contributed by atoms with Crippen molar-refractivity contribution in [3.63, 3.8) is 0 Å². The number of nitrogens with one attached hydrogen (secondary N) is 1. The molecule has 1 N–H and O–H groups in total. The van der Waals surface area contributed by atoms with Crippen LogP contribution < -0.4 is 11.2 Å². The van der Waals surface area contributed by atoms with E-state index < -0.39 is 5.56 Å². The van der Waals surface area contributed by atoms with Crippen molar-refractivity contribution < 1.29 is 0 Å². The number of aromatic amines is 1. The molecule has 2 aliphatic carbocycles. The molecule has 2 fully saturated rings. The molecule has 6 rings (SSSR count). The highest BCUT2D eigenvalue weighted by atomic mass is 35.5. The van der Waals surface area contributed by atoms with Gasteiger partial charge in [-0.15, -0.1) is 11.8 Å². The molecule has 2 saturated carbocycles. The van der Waals surface area contributed by atoms with Gasteiger partial charge in [0.15, 0.2) is 5.65 Å². The van der Waals surface area contributed by atoms with E-state index in [2.05, 4.69) is 15.0 Å². The lowest BCUT2D eigenvalue weighted by molar-refractivity contribution is 0.691. The number of pyridine rings is 1. The summed E-state index contributed by atoms with van der Waals surface area (Å²) < 4.78 is 1.65. The Hall–Kier alpha value is -2.71. The van der Waals surface area contributed by atoms with Crippen LogP contribution in [0.1, 0.15) is 49.0 Å². The first-order chi connectivity index (χ1) is 15.1. The molecule has 0 unspecified atom stereocenters. The summed E-state index contributed by atoms with van der Waals surface area (Å²) in [7, 11) is 0. The van der Waals surface area contributed by atoms with Gasteiger partial charge in [-0.25, -0.2) is 14.8 Å². The van der Waals surface area contributed by atoms with Crippen molar-refractivity contribution in [2.24, 2.45) is 0 Å². The molecule has 0 amide bonds. The molecule has 0 spiro atoms. The fraction of sp³-hybridized carbons (Fsp3) is 0.318. The van der Waals surface area contributed by atoms with Crippen LogP contribution in [0.15, 0.2) is 45.1 Å². The maximum absolute atomic E-state index is 12.8. The quantitative estimate of drug-likeness (QED) is 0.361. The van der Waals surface area contributed by atoms with E-state index in [-0.39, 0.29) is 11.7 Å². The number of hydrogen-bond acceptors (Lipinski definition) is 6. The van der Waals surface area contributed by atoms with E-state index in [0.29, 0.717) is 32.8 Å². The van der Waals surface area contributed by atoms with Crippen LogP contribution in [0.3, 0.4) is 0 Å². The number of halogens is 1. The molecule has 156 valence electrons. The number of benzene rings is 1. The molecule has 0 bridgehead atoms. The lowest BCUT2D eigenvalue weighted by Gasteiger charge is -2.12. The Morgan fingerprint density at radius 1 is 1.13 bits per heavy atom. The Morgan fingerprint density at radius 2 is 1.97 bits per heavy atom. The molecule has 0 atom stereocenters. The SMILES string of the molecule is O=c1[nH]c(=O)n(C2CC2)c2nc(C3CC3)nc(SCc3ccc(Cl)c4cccnc34)c12. The van der Waals surface area contributed by atoms with Gasteiger partial charge < -0.3 is 0 Å². The Balaban J connectivity index is 1.49. The number of aromatic nitrogens is 5. The lowest BCUT2D eigenvalue weighted by Crippen LogP contribution is -2.31. The molecule has 9 heteroatoms. The fourth-order valence-corrected chi connectivity index (χ4v) is 5.12. The first kappa shape index (κ1) is 19.0. The van der Waals surface area contributed by atoms with E-state index in [0.717, 1.165) is 48.0 Å². The van der Waals surface area contributed by atoms with Crippen molar-refractivity contribution in [2.45, 2.75) is 48.4 Å². The summed E-state index contributed by atoms with van der Waals surface area (Å²) in [6.07, 6.45) is 5.68. The predicted octanol–water partition coefficient (Wildman–Crippen LogP) is 4.19. The van der Waals surface area contributed by atoms with Gasteiger partial charge in [0, 0.05) is 34.3 Å². The van der Waals surface area contributed by atoms with Crippen molar-refractivity contribution >= 4 is 45.3 Å². The molecule has 4 aromatic rings. The third-order valence-corrected chi connectivity index (χ3v) is 7.14. The second-order valence-electron chi connectivity index (χ2n) is 8.12. The van der Waals surface area contributed by atoms with Gasteiger partial charge in [0.25, 0.3) is 5.56 Å². The third-order valence-electron chi connectivity index (χ3n) is 5.79. The summed E-state index contributed by atoms with van der Waals surface area (Å²) in [5, 5.41) is 2.56. The zero-order valence-electron chi connectivity index (χ0n) is 16.5. The molecule has 2 aliphatic rings. The molecule has 0 aliphatic heterocycles. The Labute approximate surface area is 185 Å². The van der Waals surface area contributed by atoms with Crippen LogP contribution in [0.4, 0.5) is 0 Å². The molecule has 7 nitrogen and oxygen atoms in total. The van der Waals surface area contributed by atoms with E-state index in [4.69, 9.17) is 16.6 Å². The smallest absolute Gasteiger partial charge is 0.274 e. The van der Waals surface area contributed by atoms with Gasteiger partial charge in [0.05, 0.1) is 5.52 Å². The van der Waals surface area contributed by atoms with Crippen molar-refractivity contribution in [2.75, 3.05) is 0 Å². The summed E-state index contributed by atoms with van der Waals surface area (Å²) in [4.78, 5) is 41.7. The predicted molar refractivity (Wildman–Crippen MR) is 121 cm³/mol. The topological polar surface area (TPSA) is 93.5 Å². The summed E-state index contributed by atoms with van der Waals surface area (Å²) in [5.74, 6) is 1.61. The third kappa shape index (κ3) is 3.34. The highest BCUT2D eigenvalue weighted by Gasteiger charge is 2.32. The Bertz CT molecular complexity index is 1470. The highest BCUT2D eigenvalue weighted by Crippen LogP contribution is 2.41. The number of H-pyrrole nitrogens is 1. The Kier molecular flexibility index (Phi) is 4.40. The molecule has 31 heavy (non-hydrogen) atoms. The van der Waals surface area contributed by atoms with Gasteiger partial charge in [-0.05, 0) is 49.4 Å². The first-order valence-corrected chi connectivity index (χ1v) is 11.7. The van der Waals surface area contributed by atoms with Gasteiger partial charge in [-0.3, -0.25) is 19.3 Å². The number of thioether (sulfide) groups is 1. The van der Waals surface area contributed by atoms with Gasteiger partial charge in [0.2, 0.25) is 0 Å². The van der Waals surface area contributed by atoms with Crippen molar-refractivity contribution in [1.82, 2.24) is 24.5 Å². The number of hydrogen-bond donors (Lipinski definition) is 1. The van der Waals surface area contributed by atoms with Crippen molar-refractivity contribution in [1.29, 1.82) is 0 Å². The fourth-order valence-electron chi connectivity index (χ4n) is 3.89. The second kappa shape index (κ2) is 7.17. The van der Waals surface area contributed by atoms with Crippen LogP contribution in [0.2, 0.25) is 5.02 Å².